The third-order valence-electron chi connectivity index (χ3n) is 6.68. The van der Waals surface area contributed by atoms with Crippen LogP contribution >= 0.6 is 0 Å². The molecule has 41 heavy (non-hydrogen) atoms. The third-order valence-corrected chi connectivity index (χ3v) is 6.68. The highest BCUT2D eigenvalue weighted by Crippen LogP contribution is 2.40. The second kappa shape index (κ2) is 11.6. The minimum atomic E-state index is -4.49. The van der Waals surface area contributed by atoms with Crippen molar-refractivity contribution < 1.29 is 27.6 Å². The topological polar surface area (TPSA) is 90.5 Å². The zero-order chi connectivity index (χ0) is 29.9. The molecule has 0 saturated heterocycles. The van der Waals surface area contributed by atoms with E-state index in [-0.39, 0.29) is 13.0 Å². The third kappa shape index (κ3) is 7.45. The summed E-state index contributed by atoms with van der Waals surface area (Å²) in [7, 11) is 0. The van der Waals surface area contributed by atoms with Crippen LogP contribution < -0.4 is 20.9 Å². The van der Waals surface area contributed by atoms with E-state index in [2.05, 4.69) is 16.0 Å². The zero-order valence-electron chi connectivity index (χ0n) is 23.3. The highest BCUT2D eigenvalue weighted by molar-refractivity contribution is 6.05. The molecule has 3 aromatic rings. The van der Waals surface area contributed by atoms with Gasteiger partial charge in [0.1, 0.15) is 12.6 Å². The van der Waals surface area contributed by atoms with E-state index in [1.165, 1.54) is 17.0 Å². The van der Waals surface area contributed by atoms with Gasteiger partial charge in [0.15, 0.2) is 0 Å². The number of hydrogen-bond donors (Lipinski definition) is 3. The summed E-state index contributed by atoms with van der Waals surface area (Å²) >= 11 is 0. The zero-order valence-corrected chi connectivity index (χ0v) is 23.3. The lowest BCUT2D eigenvalue weighted by Gasteiger charge is -2.28. The number of benzene rings is 3. The fourth-order valence-electron chi connectivity index (χ4n) is 4.95. The quantitative estimate of drug-likeness (QED) is 0.355. The molecule has 1 aliphatic heterocycles. The number of nitrogens with one attached hydrogen (secondary N) is 3. The van der Waals surface area contributed by atoms with Crippen LogP contribution in [0.25, 0.3) is 0 Å². The summed E-state index contributed by atoms with van der Waals surface area (Å²) < 4.78 is 39.8. The Kier molecular flexibility index (Phi) is 8.42. The van der Waals surface area contributed by atoms with Gasteiger partial charge in [-0.1, -0.05) is 42.5 Å². The molecule has 0 saturated carbocycles. The number of carbonyl (C=O) groups excluding carboxylic acids is 3. The van der Waals surface area contributed by atoms with E-state index in [1.54, 1.807) is 42.5 Å². The first-order chi connectivity index (χ1) is 19.2. The average molecular weight is 567 g/mol. The smallest absolute Gasteiger partial charge is 0.350 e. The standard InChI is InChI=1S/C31H33F3N4O3/c1-19-8-7-9-22(16-19)35-29(41)36-25-17-24(20-12-14-21(15-13-20)31(32,33)34)23-10-5-6-11-26(23)38(28(25)40)18-27(39)37-30(2,3)4/h5-16,24-25H,17-18H2,1-4H3,(H,37,39)(H2,35,36,41). The second-order valence-electron chi connectivity index (χ2n) is 11.2. The minimum absolute atomic E-state index is 0.0693. The number of rotatable bonds is 5. The summed E-state index contributed by atoms with van der Waals surface area (Å²) in [6.07, 6.45) is -4.43. The Balaban J connectivity index is 1.72. The van der Waals surface area contributed by atoms with Crippen LogP contribution in [0.1, 0.15) is 55.4 Å². The van der Waals surface area contributed by atoms with Gasteiger partial charge in [-0.25, -0.2) is 4.79 Å². The molecule has 3 N–H and O–H groups in total. The number of aryl methyl sites for hydroxylation is 1. The van der Waals surface area contributed by atoms with Gasteiger partial charge >= 0.3 is 12.2 Å². The SMILES string of the molecule is Cc1cccc(NC(=O)NC2CC(c3ccc(C(F)(F)F)cc3)c3ccccc3N(CC(=O)NC(C)(C)C)C2=O)c1. The van der Waals surface area contributed by atoms with E-state index in [0.717, 1.165) is 17.7 Å². The van der Waals surface area contributed by atoms with Gasteiger partial charge in [0.2, 0.25) is 11.8 Å². The number of hydrogen-bond acceptors (Lipinski definition) is 3. The number of anilines is 2. The molecule has 0 radical (unpaired) electrons. The predicted octanol–water partition coefficient (Wildman–Crippen LogP) is 5.99. The molecule has 1 aliphatic rings. The Morgan fingerprint density at radius 1 is 0.951 bits per heavy atom. The summed E-state index contributed by atoms with van der Waals surface area (Å²) in [6, 6.07) is 17.2. The van der Waals surface area contributed by atoms with Crippen LogP contribution in [0.5, 0.6) is 0 Å². The molecule has 216 valence electrons. The number of para-hydroxylation sites is 1. The molecule has 0 spiro atoms. The minimum Gasteiger partial charge on any atom is -0.350 e. The highest BCUT2D eigenvalue weighted by atomic mass is 19.4. The van der Waals surface area contributed by atoms with Gasteiger partial charge in [-0.05, 0) is 81.1 Å². The van der Waals surface area contributed by atoms with Crippen molar-refractivity contribution in [1.29, 1.82) is 0 Å². The van der Waals surface area contributed by atoms with Crippen molar-refractivity contribution in [3.05, 3.63) is 95.1 Å². The normalized spacial score (nSPS) is 17.3. The molecule has 3 aromatic carbocycles. The van der Waals surface area contributed by atoms with Crippen LogP contribution in [0.4, 0.5) is 29.3 Å². The van der Waals surface area contributed by atoms with E-state index in [1.807, 2.05) is 33.8 Å². The Hall–Kier alpha value is -4.34. The van der Waals surface area contributed by atoms with Gasteiger partial charge in [-0.2, -0.15) is 13.2 Å². The summed E-state index contributed by atoms with van der Waals surface area (Å²) in [5, 5.41) is 8.33. The summed E-state index contributed by atoms with van der Waals surface area (Å²) in [6.45, 7) is 7.05. The lowest BCUT2D eigenvalue weighted by Crippen LogP contribution is -2.53. The second-order valence-corrected chi connectivity index (χ2v) is 11.2. The molecule has 2 unspecified atom stereocenters. The first kappa shape index (κ1) is 29.6. The van der Waals surface area contributed by atoms with Crippen LogP contribution in [0.3, 0.4) is 0 Å². The Morgan fingerprint density at radius 3 is 2.27 bits per heavy atom. The fourth-order valence-corrected chi connectivity index (χ4v) is 4.95. The molecule has 4 rings (SSSR count). The van der Waals surface area contributed by atoms with Crippen molar-refractivity contribution in [2.75, 3.05) is 16.8 Å². The van der Waals surface area contributed by atoms with E-state index >= 15 is 0 Å². The van der Waals surface area contributed by atoms with Crippen LogP contribution in [0, 0.1) is 6.92 Å². The van der Waals surface area contributed by atoms with E-state index in [9.17, 15) is 27.6 Å². The maximum Gasteiger partial charge on any atom is 0.416 e. The predicted molar refractivity (Wildman–Crippen MR) is 152 cm³/mol. The molecule has 2 atom stereocenters. The van der Waals surface area contributed by atoms with Gasteiger partial charge < -0.3 is 20.9 Å². The molecule has 0 aromatic heterocycles. The molecular formula is C31H33F3N4O3. The molecule has 0 fully saturated rings. The molecule has 0 aliphatic carbocycles. The van der Waals surface area contributed by atoms with E-state index in [0.29, 0.717) is 22.5 Å². The van der Waals surface area contributed by atoms with Gasteiger partial charge in [0, 0.05) is 22.8 Å². The molecule has 4 amide bonds. The van der Waals surface area contributed by atoms with Crippen LogP contribution in [0.15, 0.2) is 72.8 Å². The number of halogens is 3. The van der Waals surface area contributed by atoms with Crippen molar-refractivity contribution in [3.8, 4) is 0 Å². The molecule has 7 nitrogen and oxygen atoms in total. The maximum atomic E-state index is 14.0. The van der Waals surface area contributed by atoms with Gasteiger partial charge in [0.05, 0.1) is 5.56 Å². The first-order valence-electron chi connectivity index (χ1n) is 13.2. The molecule has 1 heterocycles. The largest absolute Gasteiger partial charge is 0.416 e. The van der Waals surface area contributed by atoms with Crippen LogP contribution in [0.2, 0.25) is 0 Å². The number of fused-ring (bicyclic) bond motifs is 1. The van der Waals surface area contributed by atoms with Gasteiger partial charge in [-0.15, -0.1) is 0 Å². The number of alkyl halides is 3. The highest BCUT2D eigenvalue weighted by Gasteiger charge is 2.38. The Labute approximate surface area is 237 Å². The van der Waals surface area contributed by atoms with Crippen molar-refractivity contribution >= 4 is 29.2 Å². The maximum absolute atomic E-state index is 14.0. The fraction of sp³-hybridized carbons (Fsp3) is 0.323. The number of nitrogens with zero attached hydrogens (tertiary/aromatic N) is 1. The van der Waals surface area contributed by atoms with Crippen molar-refractivity contribution in [3.63, 3.8) is 0 Å². The molecule has 0 bridgehead atoms. The monoisotopic (exact) mass is 566 g/mol. The molecular weight excluding hydrogens is 533 g/mol. The summed E-state index contributed by atoms with van der Waals surface area (Å²) in [5.74, 6) is -1.44. The van der Waals surface area contributed by atoms with Crippen LogP contribution in [-0.2, 0) is 15.8 Å². The average Bonchev–Trinajstić information content (AvgIpc) is 2.98. The van der Waals surface area contributed by atoms with E-state index < -0.39 is 47.1 Å². The Bertz CT molecular complexity index is 1430. The summed E-state index contributed by atoms with van der Waals surface area (Å²) in [5.41, 5.74) is 1.80. The first-order valence-corrected chi connectivity index (χ1v) is 13.2. The van der Waals surface area contributed by atoms with Crippen molar-refractivity contribution in [2.45, 2.75) is 57.8 Å². The number of amides is 4. The Morgan fingerprint density at radius 2 is 1.63 bits per heavy atom. The van der Waals surface area contributed by atoms with Gasteiger partial charge in [-0.3, -0.25) is 9.59 Å². The lowest BCUT2D eigenvalue weighted by atomic mass is 9.85. The number of urea groups is 1. The summed E-state index contributed by atoms with van der Waals surface area (Å²) in [4.78, 5) is 41.3. The van der Waals surface area contributed by atoms with Crippen molar-refractivity contribution in [2.24, 2.45) is 0 Å². The van der Waals surface area contributed by atoms with Crippen molar-refractivity contribution in [1.82, 2.24) is 10.6 Å². The van der Waals surface area contributed by atoms with E-state index in [4.69, 9.17) is 0 Å². The lowest BCUT2D eigenvalue weighted by molar-refractivity contribution is -0.137. The van der Waals surface area contributed by atoms with Gasteiger partial charge in [0.25, 0.3) is 0 Å². The molecule has 10 heteroatoms. The number of carbonyl (C=O) groups is 3. The van der Waals surface area contributed by atoms with Crippen LogP contribution in [-0.4, -0.2) is 36.0 Å².